The van der Waals surface area contributed by atoms with E-state index in [1.54, 1.807) is 13.1 Å². The fraction of sp³-hybridized carbons (Fsp3) is 0.400. The first-order valence-corrected chi connectivity index (χ1v) is 8.53. The van der Waals surface area contributed by atoms with Crippen LogP contribution in [-0.2, 0) is 11.2 Å². The van der Waals surface area contributed by atoms with Crippen LogP contribution >= 0.6 is 0 Å². The number of rotatable bonds is 8. The molecule has 2 rings (SSSR count). The molecule has 1 atom stereocenters. The summed E-state index contributed by atoms with van der Waals surface area (Å²) in [6.07, 6.45) is 4.63. The van der Waals surface area contributed by atoms with Crippen molar-refractivity contribution in [1.82, 2.24) is 10.3 Å². The van der Waals surface area contributed by atoms with E-state index in [9.17, 15) is 4.79 Å². The maximum Gasteiger partial charge on any atom is 0.217 e. The molecule has 0 bridgehead atoms. The molecule has 1 heterocycles. The van der Waals surface area contributed by atoms with Crippen molar-refractivity contribution in [3.63, 3.8) is 0 Å². The minimum absolute atomic E-state index is 0.0247. The average Bonchev–Trinajstić information content (AvgIpc) is 2.58. The number of nitrogens with zero attached hydrogens (tertiary/aromatic N) is 1. The van der Waals surface area contributed by atoms with Crippen molar-refractivity contribution in [1.29, 1.82) is 0 Å². The van der Waals surface area contributed by atoms with E-state index in [1.807, 2.05) is 19.1 Å². The second-order valence-corrected chi connectivity index (χ2v) is 6.07. The lowest BCUT2D eigenvalue weighted by molar-refractivity contribution is -0.119. The molecule has 0 saturated heterocycles. The Kier molecular flexibility index (Phi) is 6.79. The summed E-state index contributed by atoms with van der Waals surface area (Å²) < 4.78 is 5.59. The van der Waals surface area contributed by atoms with E-state index in [0.717, 1.165) is 30.4 Å². The van der Waals surface area contributed by atoms with E-state index in [2.05, 4.69) is 41.5 Å². The van der Waals surface area contributed by atoms with E-state index in [1.165, 1.54) is 5.56 Å². The fourth-order valence-corrected chi connectivity index (χ4v) is 2.54. The largest absolute Gasteiger partial charge is 0.478 e. The zero-order valence-electron chi connectivity index (χ0n) is 14.7. The molecule has 1 aromatic heterocycles. The van der Waals surface area contributed by atoms with Crippen LogP contribution in [0.2, 0.25) is 0 Å². The van der Waals surface area contributed by atoms with Crippen molar-refractivity contribution in [2.75, 3.05) is 6.61 Å². The third kappa shape index (κ3) is 5.69. The van der Waals surface area contributed by atoms with Gasteiger partial charge in [0.05, 0.1) is 6.61 Å². The molecule has 4 heteroatoms. The second-order valence-electron chi connectivity index (χ2n) is 6.07. The number of nitrogens with one attached hydrogen (secondary N) is 1. The van der Waals surface area contributed by atoms with Crippen LogP contribution in [0.4, 0.5) is 0 Å². The van der Waals surface area contributed by atoms with Gasteiger partial charge in [-0.25, -0.2) is 4.98 Å². The molecule has 0 radical (unpaired) electrons. The summed E-state index contributed by atoms with van der Waals surface area (Å²) in [5.74, 6) is 0.694. The lowest BCUT2D eigenvalue weighted by atomic mass is 10.0. The quantitative estimate of drug-likeness (QED) is 0.798. The van der Waals surface area contributed by atoms with Gasteiger partial charge in [0.1, 0.15) is 0 Å². The summed E-state index contributed by atoms with van der Waals surface area (Å²) in [4.78, 5) is 15.3. The number of ether oxygens (including phenoxy) is 1. The molecule has 1 aromatic carbocycles. The molecule has 1 unspecified atom stereocenters. The molecule has 0 fully saturated rings. The monoisotopic (exact) mass is 326 g/mol. The van der Waals surface area contributed by atoms with Crippen molar-refractivity contribution in [3.05, 3.63) is 48.2 Å². The Morgan fingerprint density at radius 1 is 1.21 bits per heavy atom. The number of carbonyl (C=O) groups excluding carboxylic acids is 1. The molecule has 0 spiro atoms. The number of hydrogen-bond donors (Lipinski definition) is 1. The molecule has 1 amide bonds. The van der Waals surface area contributed by atoms with Crippen molar-refractivity contribution in [2.24, 2.45) is 0 Å². The Bertz CT molecular complexity index is 653. The molecule has 24 heavy (non-hydrogen) atoms. The number of amides is 1. The van der Waals surface area contributed by atoms with E-state index in [-0.39, 0.29) is 11.9 Å². The Morgan fingerprint density at radius 3 is 2.62 bits per heavy atom. The minimum Gasteiger partial charge on any atom is -0.478 e. The van der Waals surface area contributed by atoms with Crippen LogP contribution in [0.3, 0.4) is 0 Å². The highest BCUT2D eigenvalue weighted by atomic mass is 16.5. The molecular weight excluding hydrogens is 300 g/mol. The van der Waals surface area contributed by atoms with Gasteiger partial charge in [-0.3, -0.25) is 4.79 Å². The molecular formula is C20H26N2O2. The van der Waals surface area contributed by atoms with Crippen LogP contribution in [0, 0.1) is 0 Å². The van der Waals surface area contributed by atoms with Gasteiger partial charge in [-0.05, 0) is 48.9 Å². The van der Waals surface area contributed by atoms with Gasteiger partial charge in [0.25, 0.3) is 0 Å². The van der Waals surface area contributed by atoms with Gasteiger partial charge >= 0.3 is 0 Å². The van der Waals surface area contributed by atoms with Crippen LogP contribution in [0.5, 0.6) is 5.88 Å². The Balaban J connectivity index is 1.97. The smallest absolute Gasteiger partial charge is 0.217 e. The second kappa shape index (κ2) is 9.06. The van der Waals surface area contributed by atoms with Gasteiger partial charge in [-0.2, -0.15) is 0 Å². The van der Waals surface area contributed by atoms with Crippen molar-refractivity contribution in [2.45, 2.75) is 46.1 Å². The number of hydrogen-bond acceptors (Lipinski definition) is 3. The molecule has 0 saturated carbocycles. The normalized spacial score (nSPS) is 11.8. The summed E-state index contributed by atoms with van der Waals surface area (Å²) in [7, 11) is 0. The third-order valence-corrected chi connectivity index (χ3v) is 3.79. The predicted molar refractivity (Wildman–Crippen MR) is 97.1 cm³/mol. The summed E-state index contributed by atoms with van der Waals surface area (Å²) in [5, 5.41) is 2.91. The maximum absolute atomic E-state index is 11.0. The number of pyridine rings is 1. The highest BCUT2D eigenvalue weighted by Gasteiger charge is 2.05. The zero-order chi connectivity index (χ0) is 17.4. The van der Waals surface area contributed by atoms with Gasteiger partial charge in [0.15, 0.2) is 0 Å². The highest BCUT2D eigenvalue weighted by molar-refractivity contribution is 5.73. The minimum atomic E-state index is 0.0247. The van der Waals surface area contributed by atoms with E-state index in [0.29, 0.717) is 12.5 Å². The molecule has 1 N–H and O–H groups in total. The van der Waals surface area contributed by atoms with Crippen molar-refractivity contribution >= 4 is 5.91 Å². The van der Waals surface area contributed by atoms with E-state index in [4.69, 9.17) is 4.74 Å². The summed E-state index contributed by atoms with van der Waals surface area (Å²) in [5.41, 5.74) is 3.53. The Labute approximate surface area is 144 Å². The van der Waals surface area contributed by atoms with Gasteiger partial charge < -0.3 is 10.1 Å². The molecule has 128 valence electrons. The van der Waals surface area contributed by atoms with Crippen LogP contribution in [0.25, 0.3) is 11.1 Å². The summed E-state index contributed by atoms with van der Waals surface area (Å²) in [6, 6.07) is 12.7. The topological polar surface area (TPSA) is 51.2 Å². The maximum atomic E-state index is 11.0. The van der Waals surface area contributed by atoms with Crippen molar-refractivity contribution < 1.29 is 9.53 Å². The number of aryl methyl sites for hydroxylation is 1. The molecule has 0 aliphatic heterocycles. The van der Waals surface area contributed by atoms with E-state index >= 15 is 0 Å². The van der Waals surface area contributed by atoms with Crippen LogP contribution in [-0.4, -0.2) is 23.5 Å². The summed E-state index contributed by atoms with van der Waals surface area (Å²) >= 11 is 0. The van der Waals surface area contributed by atoms with E-state index < -0.39 is 0 Å². The van der Waals surface area contributed by atoms with Crippen LogP contribution in [0.15, 0.2) is 42.6 Å². The first kappa shape index (κ1) is 18.0. The number of benzene rings is 1. The highest BCUT2D eigenvalue weighted by Crippen LogP contribution is 2.23. The molecule has 0 aliphatic rings. The SMILES string of the molecule is CCCOc1cc(-c2ccc(CCC(C)NC(C)=O)cc2)ccn1. The Hall–Kier alpha value is -2.36. The van der Waals surface area contributed by atoms with Gasteiger partial charge in [-0.1, -0.05) is 31.2 Å². The van der Waals surface area contributed by atoms with Gasteiger partial charge in [0, 0.05) is 25.2 Å². The third-order valence-electron chi connectivity index (χ3n) is 3.79. The number of carbonyl (C=O) groups is 1. The summed E-state index contributed by atoms with van der Waals surface area (Å²) in [6.45, 7) is 6.35. The lowest BCUT2D eigenvalue weighted by Crippen LogP contribution is -2.30. The van der Waals surface area contributed by atoms with Gasteiger partial charge in [-0.15, -0.1) is 0 Å². The Morgan fingerprint density at radius 2 is 1.96 bits per heavy atom. The molecule has 0 aliphatic carbocycles. The van der Waals surface area contributed by atoms with Crippen LogP contribution in [0.1, 0.15) is 39.2 Å². The zero-order valence-corrected chi connectivity index (χ0v) is 14.7. The molecule has 4 nitrogen and oxygen atoms in total. The molecule has 2 aromatic rings. The standard InChI is InChI=1S/C20H26N2O2/c1-4-13-24-20-14-19(11-12-21-20)18-9-7-17(8-10-18)6-5-15(2)22-16(3)23/h7-12,14-15H,4-6,13H2,1-3H3,(H,22,23). The van der Waals surface area contributed by atoms with Crippen molar-refractivity contribution in [3.8, 4) is 17.0 Å². The fourth-order valence-electron chi connectivity index (χ4n) is 2.54. The first-order chi connectivity index (χ1) is 11.6. The number of aromatic nitrogens is 1. The van der Waals surface area contributed by atoms with Gasteiger partial charge in [0.2, 0.25) is 11.8 Å². The first-order valence-electron chi connectivity index (χ1n) is 8.53. The lowest BCUT2D eigenvalue weighted by Gasteiger charge is -2.12. The predicted octanol–water partition coefficient (Wildman–Crippen LogP) is 3.99. The average molecular weight is 326 g/mol. The van der Waals surface area contributed by atoms with Crippen LogP contribution < -0.4 is 10.1 Å².